The topological polar surface area (TPSA) is 237 Å². The Bertz CT molecular complexity index is 1860. The molecule has 0 bridgehead atoms. The lowest BCUT2D eigenvalue weighted by molar-refractivity contribution is -0.161. The Morgan fingerprint density at radius 1 is 0.281 bits per heavy atom. The van der Waals surface area contributed by atoms with Crippen LogP contribution in [0.15, 0.2) is 0 Å². The largest absolute Gasteiger partial charge is 0.472 e. The summed E-state index contributed by atoms with van der Waals surface area (Å²) in [5, 5.41) is 10.6. The number of phosphoric acid groups is 2. The van der Waals surface area contributed by atoms with Crippen LogP contribution in [0.2, 0.25) is 0 Å². The highest BCUT2D eigenvalue weighted by Gasteiger charge is 2.30. The number of rotatable bonds is 76. The van der Waals surface area contributed by atoms with E-state index in [1.807, 2.05) is 0 Å². The lowest BCUT2D eigenvalue weighted by Crippen LogP contribution is -2.30. The molecule has 0 spiro atoms. The van der Waals surface area contributed by atoms with Gasteiger partial charge < -0.3 is 33.8 Å². The van der Waals surface area contributed by atoms with Gasteiger partial charge in [-0.2, -0.15) is 0 Å². The van der Waals surface area contributed by atoms with Gasteiger partial charge in [-0.15, -0.1) is 0 Å². The van der Waals surface area contributed by atoms with E-state index in [1.54, 1.807) is 0 Å². The molecule has 0 saturated carbocycles. The highest BCUT2D eigenvalue weighted by molar-refractivity contribution is 7.47. The smallest absolute Gasteiger partial charge is 0.462 e. The summed E-state index contributed by atoms with van der Waals surface area (Å²) in [4.78, 5) is 72.7. The maximum absolute atomic E-state index is 13.1. The molecule has 0 aliphatic heterocycles. The second-order valence-electron chi connectivity index (χ2n) is 28.7. The van der Waals surface area contributed by atoms with Crippen molar-refractivity contribution in [2.75, 3.05) is 39.6 Å². The molecule has 5 atom stereocenters. The molecule has 0 aliphatic rings. The molecule has 0 aromatic heterocycles. The fraction of sp³-hybridized carbons (Fsp3) is 0.948. The van der Waals surface area contributed by atoms with Crippen molar-refractivity contribution in [2.45, 2.75) is 419 Å². The van der Waals surface area contributed by atoms with Crippen molar-refractivity contribution in [3.05, 3.63) is 0 Å². The predicted octanol–water partition coefficient (Wildman–Crippen LogP) is 22.7. The number of aliphatic hydroxyl groups is 1. The second kappa shape index (κ2) is 68.8. The van der Waals surface area contributed by atoms with Crippen molar-refractivity contribution < 1.29 is 80.2 Å². The van der Waals surface area contributed by atoms with Gasteiger partial charge in [0.25, 0.3) is 0 Å². The molecule has 0 saturated heterocycles. The molecule has 0 radical (unpaired) electrons. The summed E-state index contributed by atoms with van der Waals surface area (Å²) in [6, 6.07) is 0. The standard InChI is InChI=1S/C77H150O17P2/c1-7-9-11-13-15-16-17-18-20-26-32-37-43-49-55-61-76(81)93-72(65-87-74(79)59-53-47-39-14-12-10-8-2)67-91-95(83,84)89-63-71(78)64-90-96(85,86)92-68-73(66-88-75(80)60-54-48-42-36-31-28-23-25-30-35-41-46-52-58-70(5)6)94-77(82)62-56-50-44-38-33-27-22-19-21-24-29-34-40-45-51-57-69(3)4/h69-73,78H,7-68H2,1-6H3,(H,83,84)(H,85,86)/t71-,72+,73+/m0/s1. The third-order valence-corrected chi connectivity index (χ3v) is 19.9. The third-order valence-electron chi connectivity index (χ3n) is 18.0. The summed E-state index contributed by atoms with van der Waals surface area (Å²) in [5.41, 5.74) is 0. The highest BCUT2D eigenvalue weighted by Crippen LogP contribution is 2.45. The van der Waals surface area contributed by atoms with E-state index in [-0.39, 0.29) is 25.7 Å². The van der Waals surface area contributed by atoms with Gasteiger partial charge in [-0.1, -0.05) is 350 Å². The van der Waals surface area contributed by atoms with Gasteiger partial charge in [-0.25, -0.2) is 9.13 Å². The predicted molar refractivity (Wildman–Crippen MR) is 391 cm³/mol. The normalized spacial score (nSPS) is 14.0. The number of hydrogen-bond donors (Lipinski definition) is 3. The maximum Gasteiger partial charge on any atom is 0.472 e. The van der Waals surface area contributed by atoms with Crippen LogP contribution in [-0.2, 0) is 65.4 Å². The molecular weight excluding hydrogens is 1260 g/mol. The zero-order chi connectivity index (χ0) is 70.7. The molecule has 0 fully saturated rings. The summed E-state index contributed by atoms with van der Waals surface area (Å²) in [6.07, 6.45) is 56.9. The number of esters is 4. The Balaban J connectivity index is 5.19. The minimum Gasteiger partial charge on any atom is -0.462 e. The van der Waals surface area contributed by atoms with Crippen molar-refractivity contribution in [2.24, 2.45) is 11.8 Å². The molecule has 0 aliphatic carbocycles. The second-order valence-corrected chi connectivity index (χ2v) is 31.6. The van der Waals surface area contributed by atoms with Crippen LogP contribution in [0.1, 0.15) is 401 Å². The van der Waals surface area contributed by atoms with E-state index in [9.17, 15) is 43.2 Å². The van der Waals surface area contributed by atoms with E-state index in [1.165, 1.54) is 205 Å². The fourth-order valence-corrected chi connectivity index (χ4v) is 13.4. The molecular formula is C77H150O17P2. The van der Waals surface area contributed by atoms with Gasteiger partial charge in [0.15, 0.2) is 12.2 Å². The van der Waals surface area contributed by atoms with Gasteiger partial charge in [-0.3, -0.25) is 37.3 Å². The summed E-state index contributed by atoms with van der Waals surface area (Å²) in [6.45, 7) is 9.62. The minimum atomic E-state index is -4.96. The molecule has 0 aromatic rings. The molecule has 2 unspecified atom stereocenters. The van der Waals surface area contributed by atoms with Crippen LogP contribution in [0.5, 0.6) is 0 Å². The molecule has 570 valence electrons. The molecule has 0 rings (SSSR count). The van der Waals surface area contributed by atoms with E-state index in [4.69, 9.17) is 37.0 Å². The number of aliphatic hydroxyl groups excluding tert-OH is 1. The van der Waals surface area contributed by atoms with Crippen LogP contribution in [0.3, 0.4) is 0 Å². The van der Waals surface area contributed by atoms with Crippen LogP contribution in [0, 0.1) is 11.8 Å². The van der Waals surface area contributed by atoms with E-state index in [0.717, 1.165) is 115 Å². The molecule has 19 heteroatoms. The Kier molecular flexibility index (Phi) is 67.4. The van der Waals surface area contributed by atoms with Gasteiger partial charge in [-0.05, 0) is 37.5 Å². The minimum absolute atomic E-state index is 0.108. The van der Waals surface area contributed by atoms with Crippen LogP contribution < -0.4 is 0 Å². The average Bonchev–Trinajstić information content (AvgIpc) is 1.47. The number of unbranched alkanes of at least 4 members (excludes halogenated alkanes) is 46. The summed E-state index contributed by atoms with van der Waals surface area (Å²) in [5.74, 6) is -0.523. The van der Waals surface area contributed by atoms with Gasteiger partial charge >= 0.3 is 39.5 Å². The number of hydrogen-bond acceptors (Lipinski definition) is 15. The van der Waals surface area contributed by atoms with E-state index in [2.05, 4.69) is 41.5 Å². The van der Waals surface area contributed by atoms with Gasteiger partial charge in [0, 0.05) is 25.7 Å². The SMILES string of the molecule is CCCCCCCCCCCCCCCCCC(=O)O[C@H](COC(=O)CCCCCCCCC)COP(=O)(O)OC[C@H](O)COP(=O)(O)OC[C@@H](COC(=O)CCCCCCCCCCCCCCCC(C)C)OC(=O)CCCCCCCCCCCCCCCCCC(C)C. The Morgan fingerprint density at radius 3 is 0.708 bits per heavy atom. The van der Waals surface area contributed by atoms with Crippen LogP contribution in [-0.4, -0.2) is 96.7 Å². The Morgan fingerprint density at radius 2 is 0.479 bits per heavy atom. The number of ether oxygens (including phenoxy) is 4. The molecule has 17 nitrogen and oxygen atoms in total. The zero-order valence-electron chi connectivity index (χ0n) is 62.7. The zero-order valence-corrected chi connectivity index (χ0v) is 64.5. The van der Waals surface area contributed by atoms with Crippen molar-refractivity contribution in [1.29, 1.82) is 0 Å². The first-order valence-electron chi connectivity index (χ1n) is 40.0. The average molecular weight is 1410 g/mol. The number of carbonyl (C=O) groups is 4. The van der Waals surface area contributed by atoms with Crippen LogP contribution in [0.25, 0.3) is 0 Å². The van der Waals surface area contributed by atoms with Crippen molar-refractivity contribution in [3.63, 3.8) is 0 Å². The summed E-state index contributed by atoms with van der Waals surface area (Å²) in [7, 11) is -9.91. The Labute approximate surface area is 588 Å². The first-order chi connectivity index (χ1) is 46.4. The monoisotopic (exact) mass is 1410 g/mol. The third kappa shape index (κ3) is 70.5. The van der Waals surface area contributed by atoms with E-state index < -0.39 is 97.5 Å². The quantitative estimate of drug-likeness (QED) is 0.0222. The van der Waals surface area contributed by atoms with Crippen LogP contribution in [0.4, 0.5) is 0 Å². The lowest BCUT2D eigenvalue weighted by Gasteiger charge is -2.21. The lowest BCUT2D eigenvalue weighted by atomic mass is 10.0. The molecule has 96 heavy (non-hydrogen) atoms. The van der Waals surface area contributed by atoms with Crippen molar-refractivity contribution in [1.82, 2.24) is 0 Å². The maximum atomic E-state index is 13.1. The van der Waals surface area contributed by atoms with Crippen LogP contribution >= 0.6 is 15.6 Å². The highest BCUT2D eigenvalue weighted by atomic mass is 31.2. The summed E-state index contributed by atoms with van der Waals surface area (Å²) < 4.78 is 68.5. The van der Waals surface area contributed by atoms with Crippen molar-refractivity contribution in [3.8, 4) is 0 Å². The number of carbonyl (C=O) groups excluding carboxylic acids is 4. The first kappa shape index (κ1) is 94.1. The van der Waals surface area contributed by atoms with Gasteiger partial charge in [0.05, 0.1) is 26.4 Å². The number of phosphoric ester groups is 2. The molecule has 0 heterocycles. The summed E-state index contributed by atoms with van der Waals surface area (Å²) >= 11 is 0. The van der Waals surface area contributed by atoms with E-state index >= 15 is 0 Å². The van der Waals surface area contributed by atoms with Crippen molar-refractivity contribution >= 4 is 39.5 Å². The molecule has 0 aromatic carbocycles. The first-order valence-corrected chi connectivity index (χ1v) is 43.0. The fourth-order valence-electron chi connectivity index (χ4n) is 11.8. The molecule has 3 N–H and O–H groups in total. The molecule has 0 amide bonds. The van der Waals surface area contributed by atoms with Gasteiger partial charge in [0.1, 0.15) is 19.3 Å². The Hall–Kier alpha value is -1.94. The van der Waals surface area contributed by atoms with E-state index in [0.29, 0.717) is 25.7 Å². The van der Waals surface area contributed by atoms with Gasteiger partial charge in [0.2, 0.25) is 0 Å².